The summed E-state index contributed by atoms with van der Waals surface area (Å²) in [6, 6.07) is 4.74. The average Bonchev–Trinajstić information content (AvgIpc) is 3.06. The zero-order valence-corrected chi connectivity index (χ0v) is 11.5. The summed E-state index contributed by atoms with van der Waals surface area (Å²) in [5.74, 6) is 0. The Morgan fingerprint density at radius 2 is 2.06 bits per heavy atom. The maximum atomic E-state index is 11.6. The summed E-state index contributed by atoms with van der Waals surface area (Å²) in [6.45, 7) is 3.09. The van der Waals surface area contributed by atoms with Crippen LogP contribution in [0.2, 0.25) is 0 Å². The Labute approximate surface area is 108 Å². The van der Waals surface area contributed by atoms with E-state index >= 15 is 0 Å². The summed E-state index contributed by atoms with van der Waals surface area (Å²) in [6.07, 6.45) is 2.46. The van der Waals surface area contributed by atoms with Crippen molar-refractivity contribution in [2.75, 3.05) is 24.6 Å². The Morgan fingerprint density at radius 1 is 1.39 bits per heavy atom. The average molecular weight is 269 g/mol. The zero-order valence-electron chi connectivity index (χ0n) is 10.7. The van der Waals surface area contributed by atoms with Gasteiger partial charge in [-0.2, -0.15) is 0 Å². The minimum Gasteiger partial charge on any atom is -0.397 e. The number of nitrogen functional groups attached to an aromatic ring is 1. The third-order valence-electron chi connectivity index (χ3n) is 3.41. The predicted molar refractivity (Wildman–Crippen MR) is 72.9 cm³/mol. The van der Waals surface area contributed by atoms with Gasteiger partial charge in [0.1, 0.15) is 0 Å². The van der Waals surface area contributed by atoms with Crippen LogP contribution in [-0.4, -0.2) is 22.0 Å². The Bertz CT molecular complexity index is 550. The van der Waals surface area contributed by atoms with Crippen LogP contribution in [0.1, 0.15) is 19.8 Å². The van der Waals surface area contributed by atoms with Gasteiger partial charge in [-0.1, -0.05) is 6.92 Å². The first-order valence-corrected chi connectivity index (χ1v) is 7.42. The van der Waals surface area contributed by atoms with Crippen molar-refractivity contribution in [3.8, 4) is 0 Å². The van der Waals surface area contributed by atoms with Gasteiger partial charge >= 0.3 is 0 Å². The van der Waals surface area contributed by atoms with Crippen molar-refractivity contribution in [1.82, 2.24) is 4.72 Å². The molecule has 1 aromatic carbocycles. The summed E-state index contributed by atoms with van der Waals surface area (Å²) in [4.78, 5) is 0.186. The Balaban J connectivity index is 2.15. The Morgan fingerprint density at radius 3 is 2.56 bits per heavy atom. The highest BCUT2D eigenvalue weighted by atomic mass is 32.2. The molecule has 0 spiro atoms. The van der Waals surface area contributed by atoms with Crippen LogP contribution in [0.25, 0.3) is 0 Å². The van der Waals surface area contributed by atoms with E-state index in [0.717, 1.165) is 12.2 Å². The number of hydrogen-bond donors (Lipinski definition) is 3. The molecule has 0 aliphatic heterocycles. The van der Waals surface area contributed by atoms with Gasteiger partial charge < -0.3 is 11.1 Å². The first-order chi connectivity index (χ1) is 8.36. The summed E-state index contributed by atoms with van der Waals surface area (Å²) in [5, 5.41) is 3.27. The van der Waals surface area contributed by atoms with E-state index in [-0.39, 0.29) is 4.90 Å². The number of benzene rings is 1. The minimum atomic E-state index is -3.43. The van der Waals surface area contributed by atoms with Gasteiger partial charge in [-0.15, -0.1) is 0 Å². The number of anilines is 2. The monoisotopic (exact) mass is 269 g/mol. The van der Waals surface area contributed by atoms with Crippen LogP contribution < -0.4 is 15.8 Å². The summed E-state index contributed by atoms with van der Waals surface area (Å²) >= 11 is 0. The molecule has 0 aromatic heterocycles. The predicted octanol–water partition coefficient (Wildman–Crippen LogP) is 1.39. The number of nitrogens with two attached hydrogens (primary N) is 1. The molecule has 18 heavy (non-hydrogen) atoms. The van der Waals surface area contributed by atoms with E-state index in [1.165, 1.54) is 26.0 Å². The van der Waals surface area contributed by atoms with E-state index in [4.69, 9.17) is 5.73 Å². The van der Waals surface area contributed by atoms with Gasteiger partial charge in [0.25, 0.3) is 0 Å². The quantitative estimate of drug-likeness (QED) is 0.705. The standard InChI is InChI=1S/C12H19N3O2S/c1-12(5-6-12)8-15-11-4-3-9(7-10(11)13)18(16,17)14-2/h3-4,7,14-15H,5-6,8,13H2,1-2H3. The molecular weight excluding hydrogens is 250 g/mol. The number of sulfonamides is 1. The van der Waals surface area contributed by atoms with Gasteiger partial charge in [0.2, 0.25) is 10.0 Å². The third kappa shape index (κ3) is 2.76. The highest BCUT2D eigenvalue weighted by molar-refractivity contribution is 7.89. The lowest BCUT2D eigenvalue weighted by Gasteiger charge is -2.14. The molecule has 0 unspecified atom stereocenters. The highest BCUT2D eigenvalue weighted by Gasteiger charge is 2.36. The second-order valence-corrected chi connectivity index (χ2v) is 7.01. The first kappa shape index (κ1) is 13.2. The van der Waals surface area contributed by atoms with E-state index in [1.54, 1.807) is 12.1 Å². The molecule has 1 fully saturated rings. The largest absolute Gasteiger partial charge is 0.397 e. The molecule has 0 amide bonds. The molecule has 1 saturated carbocycles. The van der Waals surface area contributed by atoms with Crippen LogP contribution in [0.4, 0.5) is 11.4 Å². The maximum absolute atomic E-state index is 11.6. The molecule has 0 bridgehead atoms. The fourth-order valence-corrected chi connectivity index (χ4v) is 2.45. The van der Waals surface area contributed by atoms with Gasteiger partial charge in [0.05, 0.1) is 16.3 Å². The van der Waals surface area contributed by atoms with Gasteiger partial charge in [0.15, 0.2) is 0 Å². The summed E-state index contributed by atoms with van der Waals surface area (Å²) < 4.78 is 25.5. The maximum Gasteiger partial charge on any atom is 0.240 e. The normalized spacial score (nSPS) is 17.4. The van der Waals surface area contributed by atoms with E-state index in [2.05, 4.69) is 17.0 Å². The number of nitrogens with one attached hydrogen (secondary N) is 2. The molecule has 0 heterocycles. The van der Waals surface area contributed by atoms with Gasteiger partial charge in [-0.05, 0) is 43.5 Å². The second-order valence-electron chi connectivity index (χ2n) is 5.12. The van der Waals surface area contributed by atoms with Crippen molar-refractivity contribution in [2.24, 2.45) is 5.41 Å². The van der Waals surface area contributed by atoms with E-state index in [0.29, 0.717) is 11.1 Å². The topological polar surface area (TPSA) is 84.2 Å². The highest BCUT2D eigenvalue weighted by Crippen LogP contribution is 2.45. The molecule has 0 radical (unpaired) electrons. The fraction of sp³-hybridized carbons (Fsp3) is 0.500. The van der Waals surface area contributed by atoms with Crippen molar-refractivity contribution >= 4 is 21.4 Å². The van der Waals surface area contributed by atoms with Crippen LogP contribution in [-0.2, 0) is 10.0 Å². The second kappa shape index (κ2) is 4.44. The molecule has 4 N–H and O–H groups in total. The molecule has 0 atom stereocenters. The molecule has 1 aliphatic carbocycles. The third-order valence-corrected chi connectivity index (χ3v) is 4.82. The lowest BCUT2D eigenvalue weighted by Crippen LogP contribution is -2.19. The van der Waals surface area contributed by atoms with Gasteiger partial charge in [-0.25, -0.2) is 13.1 Å². The first-order valence-electron chi connectivity index (χ1n) is 5.93. The Kier molecular flexibility index (Phi) is 3.25. The van der Waals surface area contributed by atoms with E-state index in [9.17, 15) is 8.42 Å². The van der Waals surface area contributed by atoms with Crippen molar-refractivity contribution < 1.29 is 8.42 Å². The molecular formula is C12H19N3O2S. The molecule has 5 nitrogen and oxygen atoms in total. The molecule has 6 heteroatoms. The van der Waals surface area contributed by atoms with Crippen molar-refractivity contribution in [3.63, 3.8) is 0 Å². The summed E-state index contributed by atoms with van der Waals surface area (Å²) in [7, 11) is -2.05. The van der Waals surface area contributed by atoms with E-state index in [1.807, 2.05) is 0 Å². The van der Waals surface area contributed by atoms with Gasteiger partial charge in [0, 0.05) is 6.54 Å². The molecule has 0 saturated heterocycles. The SMILES string of the molecule is CNS(=O)(=O)c1ccc(NCC2(C)CC2)c(N)c1. The van der Waals surface area contributed by atoms with Crippen molar-refractivity contribution in [2.45, 2.75) is 24.7 Å². The van der Waals surface area contributed by atoms with Gasteiger partial charge in [-0.3, -0.25) is 0 Å². The molecule has 1 aromatic rings. The zero-order chi connectivity index (χ0) is 13.4. The minimum absolute atomic E-state index is 0.186. The fourth-order valence-electron chi connectivity index (χ4n) is 1.69. The van der Waals surface area contributed by atoms with Crippen LogP contribution >= 0.6 is 0 Å². The van der Waals surface area contributed by atoms with E-state index < -0.39 is 10.0 Å². The number of rotatable bonds is 5. The smallest absolute Gasteiger partial charge is 0.240 e. The molecule has 2 rings (SSSR count). The molecule has 100 valence electrons. The van der Waals surface area contributed by atoms with Crippen LogP contribution in [0.5, 0.6) is 0 Å². The molecule has 1 aliphatic rings. The van der Waals surface area contributed by atoms with Crippen molar-refractivity contribution in [3.05, 3.63) is 18.2 Å². The van der Waals surface area contributed by atoms with Crippen LogP contribution in [0, 0.1) is 5.41 Å². The van der Waals surface area contributed by atoms with Crippen LogP contribution in [0.3, 0.4) is 0 Å². The van der Waals surface area contributed by atoms with Crippen molar-refractivity contribution in [1.29, 1.82) is 0 Å². The van der Waals surface area contributed by atoms with Crippen LogP contribution in [0.15, 0.2) is 23.1 Å². The summed E-state index contributed by atoms with van der Waals surface area (Å²) in [5.41, 5.74) is 7.49. The lowest BCUT2D eigenvalue weighted by atomic mass is 10.1. The number of hydrogen-bond acceptors (Lipinski definition) is 4. The lowest BCUT2D eigenvalue weighted by molar-refractivity contribution is 0.588. The Hall–Kier alpha value is -1.27.